The summed E-state index contributed by atoms with van der Waals surface area (Å²) in [6.45, 7) is 4.27. The lowest BCUT2D eigenvalue weighted by molar-refractivity contribution is -0.0257. The zero-order valence-electron chi connectivity index (χ0n) is 12.1. The van der Waals surface area contributed by atoms with E-state index in [0.29, 0.717) is 6.54 Å². The molecule has 2 aromatic rings. The van der Waals surface area contributed by atoms with Gasteiger partial charge < -0.3 is 10.5 Å². The summed E-state index contributed by atoms with van der Waals surface area (Å²) in [5.41, 5.74) is 6.87. The van der Waals surface area contributed by atoms with Crippen molar-refractivity contribution in [2.45, 2.75) is 12.6 Å². The van der Waals surface area contributed by atoms with Crippen molar-refractivity contribution in [3.8, 4) is 10.4 Å². The highest BCUT2D eigenvalue weighted by molar-refractivity contribution is 7.15. The van der Waals surface area contributed by atoms with Gasteiger partial charge in [0.2, 0.25) is 0 Å². The fourth-order valence-electron chi connectivity index (χ4n) is 2.45. The molecule has 2 aromatic heterocycles. The zero-order valence-corrected chi connectivity index (χ0v) is 13.7. The number of nitrogens with two attached hydrogens (primary N) is 1. The van der Waals surface area contributed by atoms with Gasteiger partial charge in [-0.15, -0.1) is 23.7 Å². The Hall–Kier alpha value is -0.920. The van der Waals surface area contributed by atoms with Crippen LogP contribution in [0.4, 0.5) is 0 Å². The maximum atomic E-state index is 5.68. The van der Waals surface area contributed by atoms with E-state index < -0.39 is 0 Å². The number of hydrogen-bond donors (Lipinski definition) is 1. The van der Waals surface area contributed by atoms with Crippen LogP contribution in [0, 0.1) is 0 Å². The molecule has 3 heterocycles. The second kappa shape index (κ2) is 7.38. The summed E-state index contributed by atoms with van der Waals surface area (Å²) < 4.78 is 7.43. The van der Waals surface area contributed by atoms with Gasteiger partial charge in [-0.2, -0.15) is 5.10 Å². The monoisotopic (exact) mass is 328 g/mol. The first-order valence-electron chi connectivity index (χ1n) is 6.86. The quantitative estimate of drug-likeness (QED) is 0.928. The lowest BCUT2D eigenvalue weighted by Gasteiger charge is -2.31. The van der Waals surface area contributed by atoms with Gasteiger partial charge in [0.05, 0.1) is 18.9 Å². The molecule has 21 heavy (non-hydrogen) atoms. The Kier molecular flexibility index (Phi) is 5.78. The summed E-state index contributed by atoms with van der Waals surface area (Å²) in [4.78, 5) is 5.07. The van der Waals surface area contributed by atoms with Crippen LogP contribution >= 0.6 is 23.7 Å². The third kappa shape index (κ3) is 4.05. The van der Waals surface area contributed by atoms with Crippen LogP contribution in [0.2, 0.25) is 0 Å². The summed E-state index contributed by atoms with van der Waals surface area (Å²) in [5, 5.41) is 4.22. The molecule has 5 nitrogen and oxygen atoms in total. The van der Waals surface area contributed by atoms with Crippen molar-refractivity contribution < 1.29 is 4.74 Å². The molecular weight excluding hydrogens is 308 g/mol. The molecule has 7 heteroatoms. The van der Waals surface area contributed by atoms with Crippen LogP contribution < -0.4 is 5.73 Å². The molecule has 0 saturated carbocycles. The van der Waals surface area contributed by atoms with Crippen molar-refractivity contribution in [1.82, 2.24) is 14.7 Å². The molecule has 0 aromatic carbocycles. The summed E-state index contributed by atoms with van der Waals surface area (Å²) >= 11 is 1.83. The fraction of sp³-hybridized carbons (Fsp3) is 0.500. The SMILES string of the molecule is Cl.Cn1cc(-c2ccc(CN3CCOC(CN)C3)s2)cn1. The van der Waals surface area contributed by atoms with Gasteiger partial charge in [-0.05, 0) is 12.1 Å². The van der Waals surface area contributed by atoms with Crippen molar-refractivity contribution in [3.05, 3.63) is 29.4 Å². The second-order valence-electron chi connectivity index (χ2n) is 5.13. The van der Waals surface area contributed by atoms with E-state index in [9.17, 15) is 0 Å². The smallest absolute Gasteiger partial charge is 0.0824 e. The maximum absolute atomic E-state index is 5.68. The zero-order chi connectivity index (χ0) is 13.9. The van der Waals surface area contributed by atoms with Crippen LogP contribution in [0.15, 0.2) is 24.5 Å². The van der Waals surface area contributed by atoms with Crippen molar-refractivity contribution in [2.75, 3.05) is 26.2 Å². The van der Waals surface area contributed by atoms with E-state index in [0.717, 1.165) is 26.2 Å². The number of nitrogens with zero attached hydrogens (tertiary/aromatic N) is 3. The normalized spacial score (nSPS) is 19.4. The standard InChI is InChI=1S/C14H20N4OS.ClH/c1-17-8-11(7-16-17)14-3-2-13(20-14)10-18-4-5-19-12(6-15)9-18;/h2-3,7-8,12H,4-6,9-10,15H2,1H3;1H. The highest BCUT2D eigenvalue weighted by Crippen LogP contribution is 2.28. The Balaban J connectivity index is 0.00000161. The van der Waals surface area contributed by atoms with E-state index in [4.69, 9.17) is 10.5 Å². The van der Waals surface area contributed by atoms with E-state index in [1.54, 1.807) is 0 Å². The van der Waals surface area contributed by atoms with Gasteiger partial charge in [-0.25, -0.2) is 0 Å². The average molecular weight is 329 g/mol. The minimum absolute atomic E-state index is 0. The van der Waals surface area contributed by atoms with Crippen molar-refractivity contribution in [1.29, 1.82) is 0 Å². The van der Waals surface area contributed by atoms with Gasteiger partial charge in [0, 0.05) is 54.7 Å². The van der Waals surface area contributed by atoms with E-state index in [2.05, 4.69) is 28.3 Å². The highest BCUT2D eigenvalue weighted by atomic mass is 35.5. The van der Waals surface area contributed by atoms with Gasteiger partial charge in [-0.3, -0.25) is 9.58 Å². The molecule has 1 atom stereocenters. The number of aryl methyl sites for hydroxylation is 1. The molecule has 1 aliphatic heterocycles. The number of thiophene rings is 1. The third-order valence-corrected chi connectivity index (χ3v) is 4.64. The first-order chi connectivity index (χ1) is 9.74. The Morgan fingerprint density at radius 2 is 2.33 bits per heavy atom. The number of aromatic nitrogens is 2. The third-order valence-electron chi connectivity index (χ3n) is 3.52. The van der Waals surface area contributed by atoms with E-state index >= 15 is 0 Å². The Morgan fingerprint density at radius 3 is 3.05 bits per heavy atom. The maximum Gasteiger partial charge on any atom is 0.0824 e. The molecule has 3 rings (SSSR count). The minimum atomic E-state index is 0. The molecule has 0 amide bonds. The number of ether oxygens (including phenoxy) is 1. The largest absolute Gasteiger partial charge is 0.374 e. The number of rotatable bonds is 4. The Bertz CT molecular complexity index is 571. The summed E-state index contributed by atoms with van der Waals surface area (Å²) in [6, 6.07) is 4.39. The van der Waals surface area contributed by atoms with Crippen molar-refractivity contribution >= 4 is 23.7 Å². The van der Waals surface area contributed by atoms with Crippen molar-refractivity contribution in [3.63, 3.8) is 0 Å². The van der Waals surface area contributed by atoms with E-state index in [1.807, 2.05) is 29.3 Å². The molecule has 1 fully saturated rings. The molecule has 2 N–H and O–H groups in total. The molecule has 1 saturated heterocycles. The van der Waals surface area contributed by atoms with Gasteiger partial charge >= 0.3 is 0 Å². The molecule has 0 radical (unpaired) electrons. The van der Waals surface area contributed by atoms with Crippen LogP contribution in [0.5, 0.6) is 0 Å². The van der Waals surface area contributed by atoms with Gasteiger partial charge in [0.15, 0.2) is 0 Å². The first-order valence-corrected chi connectivity index (χ1v) is 7.68. The molecule has 116 valence electrons. The van der Waals surface area contributed by atoms with E-state index in [1.165, 1.54) is 15.3 Å². The lowest BCUT2D eigenvalue weighted by atomic mass is 10.2. The number of hydrogen-bond acceptors (Lipinski definition) is 5. The first kappa shape index (κ1) is 16.5. The summed E-state index contributed by atoms with van der Waals surface area (Å²) in [6.07, 6.45) is 4.14. The lowest BCUT2D eigenvalue weighted by Crippen LogP contribution is -2.44. The number of morpholine rings is 1. The van der Waals surface area contributed by atoms with Crippen LogP contribution in [0.1, 0.15) is 4.88 Å². The van der Waals surface area contributed by atoms with E-state index in [-0.39, 0.29) is 18.5 Å². The van der Waals surface area contributed by atoms with Gasteiger partial charge in [-0.1, -0.05) is 0 Å². The fourth-order valence-corrected chi connectivity index (χ4v) is 3.48. The average Bonchev–Trinajstić information content (AvgIpc) is 3.08. The van der Waals surface area contributed by atoms with Crippen LogP contribution in [0.25, 0.3) is 10.4 Å². The van der Waals surface area contributed by atoms with Gasteiger partial charge in [0.1, 0.15) is 0 Å². The minimum Gasteiger partial charge on any atom is -0.374 e. The summed E-state index contributed by atoms with van der Waals surface area (Å²) in [7, 11) is 1.94. The van der Waals surface area contributed by atoms with Crippen LogP contribution in [-0.2, 0) is 18.3 Å². The highest BCUT2D eigenvalue weighted by Gasteiger charge is 2.19. The van der Waals surface area contributed by atoms with Crippen molar-refractivity contribution in [2.24, 2.45) is 12.8 Å². The molecule has 0 bridgehead atoms. The number of halogens is 1. The second-order valence-corrected chi connectivity index (χ2v) is 6.30. The topological polar surface area (TPSA) is 56.3 Å². The van der Waals surface area contributed by atoms with Crippen LogP contribution in [0.3, 0.4) is 0 Å². The molecule has 0 spiro atoms. The molecule has 1 unspecified atom stereocenters. The van der Waals surface area contributed by atoms with Gasteiger partial charge in [0.25, 0.3) is 0 Å². The molecular formula is C14H21ClN4OS. The predicted octanol–water partition coefficient (Wildman–Crippen LogP) is 1.73. The predicted molar refractivity (Wildman–Crippen MR) is 87.8 cm³/mol. The molecule has 0 aliphatic carbocycles. The molecule has 1 aliphatic rings. The Labute approximate surface area is 135 Å². The summed E-state index contributed by atoms with van der Waals surface area (Å²) in [5.74, 6) is 0. The van der Waals surface area contributed by atoms with Crippen LogP contribution in [-0.4, -0.2) is 47.0 Å². The Morgan fingerprint density at radius 1 is 1.48 bits per heavy atom.